The van der Waals surface area contributed by atoms with Gasteiger partial charge in [0, 0.05) is 5.56 Å². The van der Waals surface area contributed by atoms with Crippen molar-refractivity contribution in [3.05, 3.63) is 29.8 Å². The van der Waals surface area contributed by atoms with Gasteiger partial charge < -0.3 is 15.6 Å². The van der Waals surface area contributed by atoms with Gasteiger partial charge in [0.25, 0.3) is 0 Å². The minimum Gasteiger partial charge on any atom is -0.496 e. The summed E-state index contributed by atoms with van der Waals surface area (Å²) < 4.78 is 5.17. The van der Waals surface area contributed by atoms with Gasteiger partial charge in [-0.15, -0.1) is 12.4 Å². The molecular formula is C11H18ClNO2. The van der Waals surface area contributed by atoms with Crippen molar-refractivity contribution in [2.45, 2.75) is 25.5 Å². The topological polar surface area (TPSA) is 55.5 Å². The molecule has 15 heavy (non-hydrogen) atoms. The fourth-order valence-electron chi connectivity index (χ4n) is 1.40. The van der Waals surface area contributed by atoms with Gasteiger partial charge in [-0.05, 0) is 12.5 Å². The third-order valence-corrected chi connectivity index (χ3v) is 2.33. The first-order valence-corrected chi connectivity index (χ1v) is 4.77. The Hall–Kier alpha value is -0.770. The predicted molar refractivity (Wildman–Crippen MR) is 63.5 cm³/mol. The molecule has 0 spiro atoms. The van der Waals surface area contributed by atoms with E-state index in [1.54, 1.807) is 7.11 Å². The summed E-state index contributed by atoms with van der Waals surface area (Å²) in [5.74, 6) is 0.729. The zero-order valence-corrected chi connectivity index (χ0v) is 9.83. The van der Waals surface area contributed by atoms with Crippen molar-refractivity contribution in [2.24, 2.45) is 5.73 Å². The fraction of sp³-hybridized carbons (Fsp3) is 0.455. The Morgan fingerprint density at radius 1 is 1.40 bits per heavy atom. The molecule has 4 heteroatoms. The molecule has 0 radical (unpaired) electrons. The maximum absolute atomic E-state index is 9.62. The molecule has 0 amide bonds. The largest absolute Gasteiger partial charge is 0.496 e. The number of halogens is 1. The van der Waals surface area contributed by atoms with E-state index in [1.165, 1.54) is 0 Å². The average molecular weight is 232 g/mol. The van der Waals surface area contributed by atoms with Crippen molar-refractivity contribution >= 4 is 12.4 Å². The second-order valence-corrected chi connectivity index (χ2v) is 3.24. The average Bonchev–Trinajstić information content (AvgIpc) is 2.26. The molecule has 0 aliphatic carbocycles. The highest BCUT2D eigenvalue weighted by Crippen LogP contribution is 2.25. The Balaban J connectivity index is 0.00000196. The Kier molecular flexibility index (Phi) is 6.32. The number of rotatable bonds is 4. The SMILES string of the molecule is CC[C@H](O)[C@H](N)c1ccccc1OC.Cl. The van der Waals surface area contributed by atoms with Crippen molar-refractivity contribution < 1.29 is 9.84 Å². The van der Waals surface area contributed by atoms with Crippen LogP contribution in [0.3, 0.4) is 0 Å². The number of ether oxygens (including phenoxy) is 1. The predicted octanol–water partition coefficient (Wildman–Crippen LogP) is 1.89. The summed E-state index contributed by atoms with van der Waals surface area (Å²) in [5, 5.41) is 9.62. The lowest BCUT2D eigenvalue weighted by atomic mass is 10.00. The van der Waals surface area contributed by atoms with Crippen molar-refractivity contribution in [3.8, 4) is 5.75 Å². The number of benzene rings is 1. The zero-order chi connectivity index (χ0) is 10.6. The van der Waals surface area contributed by atoms with Crippen molar-refractivity contribution in [2.75, 3.05) is 7.11 Å². The smallest absolute Gasteiger partial charge is 0.123 e. The van der Waals surface area contributed by atoms with Crippen LogP contribution < -0.4 is 10.5 Å². The lowest BCUT2D eigenvalue weighted by molar-refractivity contribution is 0.139. The molecule has 0 heterocycles. The number of para-hydroxylation sites is 1. The van der Waals surface area contributed by atoms with E-state index in [0.29, 0.717) is 6.42 Å². The second kappa shape index (κ2) is 6.67. The molecule has 1 aromatic rings. The summed E-state index contributed by atoms with van der Waals surface area (Å²) >= 11 is 0. The van der Waals surface area contributed by atoms with Gasteiger partial charge in [-0.2, -0.15) is 0 Å². The molecule has 0 aliphatic rings. The quantitative estimate of drug-likeness (QED) is 0.832. The molecule has 0 aliphatic heterocycles. The third-order valence-electron chi connectivity index (χ3n) is 2.33. The van der Waals surface area contributed by atoms with Gasteiger partial charge in [0.15, 0.2) is 0 Å². The van der Waals surface area contributed by atoms with E-state index in [0.717, 1.165) is 11.3 Å². The van der Waals surface area contributed by atoms with E-state index < -0.39 is 6.10 Å². The maximum Gasteiger partial charge on any atom is 0.123 e. The highest BCUT2D eigenvalue weighted by atomic mass is 35.5. The molecule has 0 saturated heterocycles. The molecule has 1 aromatic carbocycles. The van der Waals surface area contributed by atoms with Crippen molar-refractivity contribution in [1.29, 1.82) is 0 Å². The van der Waals surface area contributed by atoms with E-state index in [9.17, 15) is 5.11 Å². The molecule has 0 unspecified atom stereocenters. The molecular weight excluding hydrogens is 214 g/mol. The van der Waals surface area contributed by atoms with Gasteiger partial charge in [0.2, 0.25) is 0 Å². The number of aliphatic hydroxyl groups is 1. The van der Waals surface area contributed by atoms with Crippen LogP contribution >= 0.6 is 12.4 Å². The van der Waals surface area contributed by atoms with Crippen LogP contribution in [0.2, 0.25) is 0 Å². The lowest BCUT2D eigenvalue weighted by Crippen LogP contribution is -2.25. The van der Waals surface area contributed by atoms with Crippen LogP contribution in [0, 0.1) is 0 Å². The highest BCUT2D eigenvalue weighted by molar-refractivity contribution is 5.85. The van der Waals surface area contributed by atoms with Crippen LogP contribution in [0.25, 0.3) is 0 Å². The van der Waals surface area contributed by atoms with E-state index in [2.05, 4.69) is 0 Å². The second-order valence-electron chi connectivity index (χ2n) is 3.24. The Bertz CT molecular complexity index is 294. The molecule has 0 aromatic heterocycles. The normalized spacial score (nSPS) is 13.9. The van der Waals surface area contributed by atoms with E-state index in [1.807, 2.05) is 31.2 Å². The number of nitrogens with two attached hydrogens (primary N) is 1. The van der Waals surface area contributed by atoms with Crippen molar-refractivity contribution in [1.82, 2.24) is 0 Å². The molecule has 2 atom stereocenters. The summed E-state index contributed by atoms with van der Waals surface area (Å²) in [5.41, 5.74) is 6.75. The minimum absolute atomic E-state index is 0. The van der Waals surface area contributed by atoms with Crippen LogP contribution in [0.5, 0.6) is 5.75 Å². The van der Waals surface area contributed by atoms with Crippen LogP contribution in [0.4, 0.5) is 0 Å². The van der Waals surface area contributed by atoms with Gasteiger partial charge >= 0.3 is 0 Å². The maximum atomic E-state index is 9.62. The summed E-state index contributed by atoms with van der Waals surface area (Å²) in [6.45, 7) is 1.90. The van der Waals surface area contributed by atoms with Gasteiger partial charge in [0.1, 0.15) is 5.75 Å². The third kappa shape index (κ3) is 3.38. The van der Waals surface area contributed by atoms with Crippen LogP contribution in [-0.4, -0.2) is 18.3 Å². The van der Waals surface area contributed by atoms with Gasteiger partial charge in [0.05, 0.1) is 19.3 Å². The molecule has 0 fully saturated rings. The first kappa shape index (κ1) is 14.2. The fourth-order valence-corrected chi connectivity index (χ4v) is 1.40. The molecule has 86 valence electrons. The first-order valence-electron chi connectivity index (χ1n) is 4.77. The summed E-state index contributed by atoms with van der Waals surface area (Å²) in [7, 11) is 1.60. The van der Waals surface area contributed by atoms with Crippen LogP contribution in [0.15, 0.2) is 24.3 Å². The Morgan fingerprint density at radius 3 is 2.53 bits per heavy atom. The zero-order valence-electron chi connectivity index (χ0n) is 9.01. The Morgan fingerprint density at radius 2 is 2.00 bits per heavy atom. The molecule has 0 bridgehead atoms. The minimum atomic E-state index is -0.522. The van der Waals surface area contributed by atoms with Gasteiger partial charge in [-0.25, -0.2) is 0 Å². The van der Waals surface area contributed by atoms with E-state index in [4.69, 9.17) is 10.5 Å². The highest BCUT2D eigenvalue weighted by Gasteiger charge is 2.17. The number of hydrogen-bond donors (Lipinski definition) is 2. The molecule has 3 nitrogen and oxygen atoms in total. The summed E-state index contributed by atoms with van der Waals surface area (Å²) in [4.78, 5) is 0. The number of methoxy groups -OCH3 is 1. The molecule has 0 saturated carbocycles. The van der Waals surface area contributed by atoms with Gasteiger partial charge in [-0.1, -0.05) is 25.1 Å². The summed E-state index contributed by atoms with van der Waals surface area (Å²) in [6.07, 6.45) is 0.116. The van der Waals surface area contributed by atoms with Crippen LogP contribution in [0.1, 0.15) is 24.9 Å². The van der Waals surface area contributed by atoms with Crippen molar-refractivity contribution in [3.63, 3.8) is 0 Å². The number of aliphatic hydroxyl groups excluding tert-OH is 1. The lowest BCUT2D eigenvalue weighted by Gasteiger charge is -2.19. The standard InChI is InChI=1S/C11H17NO2.ClH/c1-3-9(13)11(12)8-6-4-5-7-10(8)14-2;/h4-7,9,11,13H,3,12H2,1-2H3;1H/t9-,11+;/m0./s1. The van der Waals surface area contributed by atoms with Gasteiger partial charge in [-0.3, -0.25) is 0 Å². The summed E-state index contributed by atoms with van der Waals surface area (Å²) in [6, 6.07) is 7.11. The number of hydrogen-bond acceptors (Lipinski definition) is 3. The Labute approximate surface area is 96.7 Å². The van der Waals surface area contributed by atoms with Crippen LogP contribution in [-0.2, 0) is 0 Å². The van der Waals surface area contributed by atoms with E-state index in [-0.39, 0.29) is 18.4 Å². The first-order chi connectivity index (χ1) is 6.70. The van der Waals surface area contributed by atoms with E-state index >= 15 is 0 Å². The molecule has 3 N–H and O–H groups in total. The molecule has 1 rings (SSSR count). The monoisotopic (exact) mass is 231 g/mol.